The lowest BCUT2D eigenvalue weighted by molar-refractivity contribution is -0.122. The van der Waals surface area contributed by atoms with Crippen molar-refractivity contribution in [2.45, 2.75) is 34.1 Å². The molecule has 0 aliphatic heterocycles. The van der Waals surface area contributed by atoms with E-state index in [4.69, 9.17) is 4.74 Å². The van der Waals surface area contributed by atoms with Gasteiger partial charge in [0.25, 0.3) is 0 Å². The number of hydrogen-bond donors (Lipinski definition) is 1. The molecule has 0 spiro atoms. The number of carbonyl (C=O) groups excluding carboxylic acids is 1. The molecule has 3 nitrogen and oxygen atoms in total. The molecule has 0 fully saturated rings. The van der Waals surface area contributed by atoms with E-state index in [-0.39, 0.29) is 13.1 Å². The van der Waals surface area contributed by atoms with Crippen LogP contribution < -0.4 is 5.32 Å². The summed E-state index contributed by atoms with van der Waals surface area (Å²) in [5.74, 6) is 1.09. The number of hydrogen-bond acceptors (Lipinski definition) is 3. The van der Waals surface area contributed by atoms with Crippen LogP contribution in [0.3, 0.4) is 0 Å². The van der Waals surface area contributed by atoms with Crippen molar-refractivity contribution in [2.75, 3.05) is 26.3 Å². The Morgan fingerprint density at radius 2 is 1.93 bits per heavy atom. The molecule has 0 saturated heterocycles. The van der Waals surface area contributed by atoms with Crippen LogP contribution in [0.5, 0.6) is 0 Å². The Bertz CT molecular complexity index is 172. The molecule has 0 rings (SSSR count). The lowest BCUT2D eigenvalue weighted by atomic mass is 10.1. The highest BCUT2D eigenvalue weighted by Gasteiger charge is 2.05. The SMILES string of the molecule is CC(C)CNCCOCCC(=O)C(C)C.[HH]. The largest absolute Gasteiger partial charge is 0.380 e. The van der Waals surface area contributed by atoms with Gasteiger partial charge >= 0.3 is 0 Å². The summed E-state index contributed by atoms with van der Waals surface area (Å²) in [7, 11) is 0. The van der Waals surface area contributed by atoms with E-state index >= 15 is 0 Å². The van der Waals surface area contributed by atoms with Crippen molar-refractivity contribution in [3.05, 3.63) is 0 Å². The summed E-state index contributed by atoms with van der Waals surface area (Å²) in [6.07, 6.45) is 0.543. The summed E-state index contributed by atoms with van der Waals surface area (Å²) in [6.45, 7) is 11.3. The average Bonchev–Trinajstić information content (AvgIpc) is 2.15. The molecule has 0 aliphatic carbocycles. The van der Waals surface area contributed by atoms with Gasteiger partial charge in [-0.15, -0.1) is 0 Å². The second-order valence-corrected chi connectivity index (χ2v) is 4.58. The van der Waals surface area contributed by atoms with E-state index < -0.39 is 0 Å². The minimum atomic E-state index is 0. The fraction of sp³-hybridized carbons (Fsp3) is 0.917. The summed E-state index contributed by atoms with van der Waals surface area (Å²) < 4.78 is 5.35. The van der Waals surface area contributed by atoms with Gasteiger partial charge in [-0.25, -0.2) is 0 Å². The van der Waals surface area contributed by atoms with Gasteiger partial charge in [0.05, 0.1) is 13.2 Å². The maximum absolute atomic E-state index is 11.2. The Labute approximate surface area is 95.1 Å². The molecule has 15 heavy (non-hydrogen) atoms. The summed E-state index contributed by atoms with van der Waals surface area (Å²) >= 11 is 0. The third-order valence-corrected chi connectivity index (χ3v) is 2.11. The molecule has 0 heterocycles. The molecule has 0 aromatic rings. The van der Waals surface area contributed by atoms with Crippen LogP contribution in [-0.4, -0.2) is 32.1 Å². The predicted molar refractivity (Wildman–Crippen MR) is 65.1 cm³/mol. The van der Waals surface area contributed by atoms with Crippen LogP contribution in [0.2, 0.25) is 0 Å². The van der Waals surface area contributed by atoms with E-state index in [0.717, 1.165) is 13.1 Å². The Hall–Kier alpha value is -0.410. The fourth-order valence-corrected chi connectivity index (χ4v) is 1.10. The van der Waals surface area contributed by atoms with Gasteiger partial charge in [0.15, 0.2) is 0 Å². The standard InChI is InChI=1S/C12H25NO2.H2/c1-10(2)9-13-6-8-15-7-5-12(14)11(3)4;/h10-11,13H,5-9H2,1-4H3;1H. The van der Waals surface area contributed by atoms with Crippen LogP contribution in [0.15, 0.2) is 0 Å². The maximum atomic E-state index is 11.2. The predicted octanol–water partition coefficient (Wildman–Crippen LogP) is 2.11. The van der Waals surface area contributed by atoms with Crippen LogP contribution in [-0.2, 0) is 9.53 Å². The highest BCUT2D eigenvalue weighted by Crippen LogP contribution is 1.98. The van der Waals surface area contributed by atoms with Gasteiger partial charge in [-0.3, -0.25) is 4.79 Å². The second kappa shape index (κ2) is 8.86. The highest BCUT2D eigenvalue weighted by molar-refractivity contribution is 5.80. The number of carbonyl (C=O) groups is 1. The van der Waals surface area contributed by atoms with E-state index in [1.165, 1.54) is 0 Å². The molecule has 0 atom stereocenters. The zero-order chi connectivity index (χ0) is 11.7. The summed E-state index contributed by atoms with van der Waals surface area (Å²) in [5.41, 5.74) is 0. The lowest BCUT2D eigenvalue weighted by Gasteiger charge is -2.08. The summed E-state index contributed by atoms with van der Waals surface area (Å²) in [5, 5.41) is 3.29. The Kier molecular flexibility index (Phi) is 8.62. The van der Waals surface area contributed by atoms with Crippen LogP contribution in [0.4, 0.5) is 0 Å². The highest BCUT2D eigenvalue weighted by atomic mass is 16.5. The molecule has 0 unspecified atom stereocenters. The minimum Gasteiger partial charge on any atom is -0.380 e. The van der Waals surface area contributed by atoms with Crippen LogP contribution >= 0.6 is 0 Å². The number of rotatable bonds is 9. The summed E-state index contributed by atoms with van der Waals surface area (Å²) in [4.78, 5) is 11.2. The zero-order valence-electron chi connectivity index (χ0n) is 10.5. The monoisotopic (exact) mass is 217 g/mol. The van der Waals surface area contributed by atoms with E-state index in [1.807, 2.05) is 13.8 Å². The van der Waals surface area contributed by atoms with Crippen molar-refractivity contribution < 1.29 is 11.0 Å². The van der Waals surface area contributed by atoms with Crippen molar-refractivity contribution in [3.8, 4) is 0 Å². The summed E-state index contributed by atoms with van der Waals surface area (Å²) in [6, 6.07) is 0. The van der Waals surface area contributed by atoms with E-state index in [0.29, 0.717) is 25.6 Å². The molecule has 0 amide bonds. The van der Waals surface area contributed by atoms with Gasteiger partial charge in [0, 0.05) is 20.3 Å². The smallest absolute Gasteiger partial charge is 0.137 e. The van der Waals surface area contributed by atoms with E-state index in [1.54, 1.807) is 0 Å². The molecule has 3 heteroatoms. The van der Waals surface area contributed by atoms with Crippen molar-refractivity contribution >= 4 is 5.78 Å². The average molecular weight is 217 g/mol. The molecule has 0 aromatic heterocycles. The second-order valence-electron chi connectivity index (χ2n) is 4.58. The first-order chi connectivity index (χ1) is 7.04. The van der Waals surface area contributed by atoms with Gasteiger partial charge in [-0.1, -0.05) is 27.7 Å². The van der Waals surface area contributed by atoms with Crippen LogP contribution in [0.25, 0.3) is 0 Å². The van der Waals surface area contributed by atoms with Crippen molar-refractivity contribution in [2.24, 2.45) is 11.8 Å². The third kappa shape index (κ3) is 9.88. The van der Waals surface area contributed by atoms with Crippen LogP contribution in [0, 0.1) is 11.8 Å². The first-order valence-electron chi connectivity index (χ1n) is 5.85. The molecule has 92 valence electrons. The normalized spacial score (nSPS) is 11.3. The van der Waals surface area contributed by atoms with Gasteiger partial charge < -0.3 is 10.1 Å². The van der Waals surface area contributed by atoms with Crippen molar-refractivity contribution in [1.82, 2.24) is 5.32 Å². The van der Waals surface area contributed by atoms with Gasteiger partial charge in [0.1, 0.15) is 5.78 Å². The number of nitrogens with one attached hydrogen (secondary N) is 1. The minimum absolute atomic E-state index is 0. The molecule has 0 bridgehead atoms. The first kappa shape index (κ1) is 14.6. The zero-order valence-corrected chi connectivity index (χ0v) is 10.5. The number of Topliss-reactive ketones (excluding diaryl/α,β-unsaturated/α-hetero) is 1. The van der Waals surface area contributed by atoms with Crippen molar-refractivity contribution in [1.29, 1.82) is 0 Å². The molecule has 1 N–H and O–H groups in total. The topological polar surface area (TPSA) is 38.3 Å². The molecule has 0 aliphatic rings. The van der Waals surface area contributed by atoms with Gasteiger partial charge in [-0.2, -0.15) is 0 Å². The Morgan fingerprint density at radius 3 is 2.47 bits per heavy atom. The van der Waals surface area contributed by atoms with Crippen LogP contribution in [0.1, 0.15) is 35.5 Å². The molecular weight excluding hydrogens is 190 g/mol. The lowest BCUT2D eigenvalue weighted by Crippen LogP contribution is -2.24. The number of ether oxygens (including phenoxy) is 1. The van der Waals surface area contributed by atoms with E-state index in [9.17, 15) is 4.79 Å². The Balaban J connectivity index is 0. The molecule has 0 radical (unpaired) electrons. The fourth-order valence-electron chi connectivity index (χ4n) is 1.10. The Morgan fingerprint density at radius 1 is 1.27 bits per heavy atom. The molecule has 0 aromatic carbocycles. The van der Waals surface area contributed by atoms with Gasteiger partial charge in [-0.05, 0) is 12.5 Å². The molecular formula is C12H27NO2. The first-order valence-corrected chi connectivity index (χ1v) is 5.85. The van der Waals surface area contributed by atoms with Gasteiger partial charge in [0.2, 0.25) is 0 Å². The quantitative estimate of drug-likeness (QED) is 0.601. The molecule has 0 saturated carbocycles. The van der Waals surface area contributed by atoms with Crippen molar-refractivity contribution in [3.63, 3.8) is 0 Å². The number of ketones is 1. The van der Waals surface area contributed by atoms with E-state index in [2.05, 4.69) is 19.2 Å². The third-order valence-electron chi connectivity index (χ3n) is 2.11. The maximum Gasteiger partial charge on any atom is 0.137 e.